The van der Waals surface area contributed by atoms with Crippen LogP contribution in [0.15, 0.2) is 4.52 Å². The van der Waals surface area contributed by atoms with Gasteiger partial charge in [-0.2, -0.15) is 4.98 Å². The molecule has 2 heterocycles. The predicted octanol–water partition coefficient (Wildman–Crippen LogP) is 1.19. The maximum atomic E-state index is 6.20. The van der Waals surface area contributed by atoms with Crippen molar-refractivity contribution in [2.24, 2.45) is 5.73 Å². The molecule has 0 radical (unpaired) electrons. The van der Waals surface area contributed by atoms with Gasteiger partial charge in [-0.1, -0.05) is 5.16 Å². The van der Waals surface area contributed by atoms with E-state index in [-0.39, 0.29) is 6.10 Å². The van der Waals surface area contributed by atoms with Gasteiger partial charge in [-0.25, -0.2) is 0 Å². The van der Waals surface area contributed by atoms with Crippen LogP contribution in [0.25, 0.3) is 0 Å². The molecule has 2 N–H and O–H groups in total. The van der Waals surface area contributed by atoms with Crippen molar-refractivity contribution in [3.8, 4) is 0 Å². The first kappa shape index (κ1) is 13.0. The van der Waals surface area contributed by atoms with Gasteiger partial charge in [0.2, 0.25) is 11.7 Å². The molecule has 6 heteroatoms. The summed E-state index contributed by atoms with van der Waals surface area (Å²) in [5.41, 5.74) is 5.80. The van der Waals surface area contributed by atoms with E-state index in [2.05, 4.69) is 28.9 Å². The Hall–Kier alpha value is -0.980. The molecule has 1 aliphatic carbocycles. The predicted molar refractivity (Wildman–Crippen MR) is 69.4 cm³/mol. The molecule has 1 aromatic rings. The van der Waals surface area contributed by atoms with Crippen molar-refractivity contribution >= 4 is 0 Å². The first-order valence-electron chi connectivity index (χ1n) is 7.07. The highest BCUT2D eigenvalue weighted by molar-refractivity contribution is 5.08. The highest BCUT2D eigenvalue weighted by Crippen LogP contribution is 2.38. The molecule has 0 spiro atoms. The van der Waals surface area contributed by atoms with Crippen LogP contribution in [0.1, 0.15) is 50.9 Å². The van der Waals surface area contributed by atoms with Crippen LogP contribution in [0.5, 0.6) is 0 Å². The number of hydrogen-bond acceptors (Lipinski definition) is 6. The first-order valence-corrected chi connectivity index (χ1v) is 7.07. The number of aromatic nitrogens is 2. The minimum Gasteiger partial charge on any atom is -0.367 e. The number of hydrogen-bond donors (Lipinski definition) is 1. The van der Waals surface area contributed by atoms with E-state index in [4.69, 9.17) is 15.0 Å². The van der Waals surface area contributed by atoms with E-state index in [0.29, 0.717) is 24.4 Å². The average Bonchev–Trinajstić information content (AvgIpc) is 2.86. The minimum absolute atomic E-state index is 0.0997. The second kappa shape index (κ2) is 4.85. The molecule has 3 rings (SSSR count). The van der Waals surface area contributed by atoms with E-state index in [1.54, 1.807) is 0 Å². The van der Waals surface area contributed by atoms with Gasteiger partial charge in [-0.15, -0.1) is 0 Å². The van der Waals surface area contributed by atoms with E-state index >= 15 is 0 Å². The molecule has 1 aliphatic heterocycles. The summed E-state index contributed by atoms with van der Waals surface area (Å²) >= 11 is 0. The van der Waals surface area contributed by atoms with Crippen molar-refractivity contribution < 1.29 is 9.26 Å². The monoisotopic (exact) mass is 266 g/mol. The zero-order chi connectivity index (χ0) is 13.5. The zero-order valence-electron chi connectivity index (χ0n) is 11.6. The molecule has 0 bridgehead atoms. The molecule has 1 unspecified atom stereocenters. The van der Waals surface area contributed by atoms with Crippen molar-refractivity contribution in [1.82, 2.24) is 15.0 Å². The maximum Gasteiger partial charge on any atom is 0.246 e. The summed E-state index contributed by atoms with van der Waals surface area (Å²) in [4.78, 5) is 6.83. The lowest BCUT2D eigenvalue weighted by atomic mass is 9.78. The van der Waals surface area contributed by atoms with E-state index < -0.39 is 5.54 Å². The van der Waals surface area contributed by atoms with Gasteiger partial charge in [0.15, 0.2) is 0 Å². The fraction of sp³-hybridized carbons (Fsp3) is 0.846. The lowest BCUT2D eigenvalue weighted by Crippen LogP contribution is -2.44. The van der Waals surface area contributed by atoms with Crippen LogP contribution < -0.4 is 5.73 Å². The molecule has 0 amide bonds. The number of nitrogens with two attached hydrogens (primary N) is 1. The van der Waals surface area contributed by atoms with E-state index in [9.17, 15) is 0 Å². The van der Waals surface area contributed by atoms with Gasteiger partial charge in [0.1, 0.15) is 6.10 Å². The molecular formula is C13H22N4O2. The Balaban J connectivity index is 1.72. The van der Waals surface area contributed by atoms with E-state index in [1.807, 2.05) is 0 Å². The largest absolute Gasteiger partial charge is 0.367 e. The van der Waals surface area contributed by atoms with Crippen LogP contribution in [0.2, 0.25) is 0 Å². The maximum absolute atomic E-state index is 6.20. The smallest absolute Gasteiger partial charge is 0.246 e. The number of ether oxygens (including phenoxy) is 1. The second-order valence-electron chi connectivity index (χ2n) is 5.92. The van der Waals surface area contributed by atoms with E-state index in [0.717, 1.165) is 32.4 Å². The number of nitrogens with zero attached hydrogens (tertiary/aromatic N) is 3. The minimum atomic E-state index is -0.391. The van der Waals surface area contributed by atoms with Gasteiger partial charge >= 0.3 is 0 Å². The van der Waals surface area contributed by atoms with Crippen LogP contribution in [-0.4, -0.2) is 40.8 Å². The van der Waals surface area contributed by atoms with Gasteiger partial charge in [0, 0.05) is 19.1 Å². The lowest BCUT2D eigenvalue weighted by molar-refractivity contribution is -0.0450. The summed E-state index contributed by atoms with van der Waals surface area (Å²) in [6, 6.07) is 0.505. The van der Waals surface area contributed by atoms with Crippen molar-refractivity contribution in [2.75, 3.05) is 19.7 Å². The van der Waals surface area contributed by atoms with Crippen molar-refractivity contribution in [3.63, 3.8) is 0 Å². The van der Waals surface area contributed by atoms with E-state index in [1.165, 1.54) is 0 Å². The third kappa shape index (κ3) is 2.40. The van der Waals surface area contributed by atoms with Gasteiger partial charge in [0.25, 0.3) is 0 Å². The van der Waals surface area contributed by atoms with Gasteiger partial charge in [-0.05, 0) is 33.1 Å². The molecule has 6 nitrogen and oxygen atoms in total. The van der Waals surface area contributed by atoms with Gasteiger partial charge in [-0.3, -0.25) is 4.90 Å². The molecule has 1 saturated carbocycles. The van der Waals surface area contributed by atoms with Crippen LogP contribution >= 0.6 is 0 Å². The molecule has 106 valence electrons. The summed E-state index contributed by atoms with van der Waals surface area (Å²) in [7, 11) is 0. The quantitative estimate of drug-likeness (QED) is 0.885. The standard InChI is InChI=1S/C13H22N4O2/c1-9(2)17-6-7-18-10(8-17)11-15-12(19-16-11)13(14)4-3-5-13/h9-10H,3-8,14H2,1-2H3. The average molecular weight is 266 g/mol. The lowest BCUT2D eigenvalue weighted by Gasteiger charge is -2.34. The zero-order valence-corrected chi connectivity index (χ0v) is 11.6. The van der Waals surface area contributed by atoms with Crippen LogP contribution in [0.3, 0.4) is 0 Å². The van der Waals surface area contributed by atoms with Crippen molar-refractivity contribution in [3.05, 3.63) is 11.7 Å². The SMILES string of the molecule is CC(C)N1CCOC(c2noc(C3(N)CCC3)n2)C1. The molecule has 1 saturated heterocycles. The summed E-state index contributed by atoms with van der Waals surface area (Å²) in [6.07, 6.45) is 2.89. The second-order valence-corrected chi connectivity index (χ2v) is 5.92. The summed E-state index contributed by atoms with van der Waals surface area (Å²) in [5, 5.41) is 4.06. The molecular weight excluding hydrogens is 244 g/mol. The Morgan fingerprint density at radius 2 is 2.21 bits per heavy atom. The van der Waals surface area contributed by atoms with Crippen LogP contribution in [0.4, 0.5) is 0 Å². The Morgan fingerprint density at radius 3 is 2.84 bits per heavy atom. The molecule has 2 fully saturated rings. The fourth-order valence-electron chi connectivity index (χ4n) is 2.63. The third-order valence-corrected chi connectivity index (χ3v) is 4.23. The van der Waals surface area contributed by atoms with Crippen molar-refractivity contribution in [2.45, 2.75) is 50.8 Å². The third-order valence-electron chi connectivity index (χ3n) is 4.23. The normalized spacial score (nSPS) is 27.5. The number of morpholine rings is 1. The highest BCUT2D eigenvalue weighted by atomic mass is 16.5. The topological polar surface area (TPSA) is 77.4 Å². The Morgan fingerprint density at radius 1 is 1.42 bits per heavy atom. The van der Waals surface area contributed by atoms with Crippen LogP contribution in [-0.2, 0) is 10.3 Å². The molecule has 19 heavy (non-hydrogen) atoms. The first-order chi connectivity index (χ1) is 9.08. The summed E-state index contributed by atoms with van der Waals surface area (Å²) in [5.74, 6) is 1.20. The Kier molecular flexibility index (Phi) is 3.32. The van der Waals surface area contributed by atoms with Crippen molar-refractivity contribution in [1.29, 1.82) is 0 Å². The summed E-state index contributed by atoms with van der Waals surface area (Å²) in [6.45, 7) is 6.86. The van der Waals surface area contributed by atoms with Gasteiger partial charge < -0.3 is 15.0 Å². The fourth-order valence-corrected chi connectivity index (χ4v) is 2.63. The Bertz CT molecular complexity index is 442. The molecule has 0 aromatic carbocycles. The Labute approximate surface area is 113 Å². The van der Waals surface area contributed by atoms with Gasteiger partial charge in [0.05, 0.1) is 12.1 Å². The van der Waals surface area contributed by atoms with Crippen LogP contribution in [0, 0.1) is 0 Å². The molecule has 1 atom stereocenters. The molecule has 1 aromatic heterocycles. The number of rotatable bonds is 3. The summed E-state index contributed by atoms with van der Waals surface area (Å²) < 4.78 is 11.1. The molecule has 2 aliphatic rings. The highest BCUT2D eigenvalue weighted by Gasteiger charge is 2.40.